The second-order valence-corrected chi connectivity index (χ2v) is 8.67. The van der Waals surface area contributed by atoms with Gasteiger partial charge in [-0.2, -0.15) is 0 Å². The van der Waals surface area contributed by atoms with Crippen molar-refractivity contribution in [3.8, 4) is 0 Å². The lowest BCUT2D eigenvalue weighted by Crippen LogP contribution is -2.25. The quantitative estimate of drug-likeness (QED) is 0.645. The first-order valence-electron chi connectivity index (χ1n) is 5.35. The van der Waals surface area contributed by atoms with Crippen LogP contribution in [0, 0.1) is 0 Å². The molecule has 0 unspecified atom stereocenters. The third-order valence-electron chi connectivity index (χ3n) is 2.44. The van der Waals surface area contributed by atoms with E-state index in [0.29, 0.717) is 20.8 Å². The maximum absolute atomic E-state index is 12.1. The molecule has 0 aromatic carbocycles. The summed E-state index contributed by atoms with van der Waals surface area (Å²) >= 11 is 18.1. The molecule has 0 saturated carbocycles. The van der Waals surface area contributed by atoms with E-state index in [4.69, 9.17) is 23.2 Å². The van der Waals surface area contributed by atoms with E-state index in [2.05, 4.69) is 27.4 Å². The van der Waals surface area contributed by atoms with Crippen molar-refractivity contribution in [1.82, 2.24) is 4.90 Å². The smallest absolute Gasteiger partial charge is 0.179 e. The maximum Gasteiger partial charge on any atom is 0.179 e. The standard InChI is InChI=1S/C12H10BrCl2NOS2/c1-16(4-7-2-10(13)18-6-7)5-9(17)8-3-11(14)19-12(8)15/h2-3,6H,4-5H2,1H3. The number of nitrogens with zero attached hydrogens (tertiary/aromatic N) is 1. The van der Waals surface area contributed by atoms with Crippen LogP contribution in [0.15, 0.2) is 21.3 Å². The molecule has 0 bridgehead atoms. The van der Waals surface area contributed by atoms with Crippen molar-refractivity contribution in [3.05, 3.63) is 41.1 Å². The average Bonchev–Trinajstić information content (AvgIpc) is 2.84. The van der Waals surface area contributed by atoms with Crippen LogP contribution in [0.2, 0.25) is 8.67 Å². The van der Waals surface area contributed by atoms with Crippen molar-refractivity contribution < 1.29 is 4.79 Å². The van der Waals surface area contributed by atoms with Crippen LogP contribution in [0.3, 0.4) is 0 Å². The molecule has 2 nitrogen and oxygen atoms in total. The summed E-state index contributed by atoms with van der Waals surface area (Å²) in [6, 6.07) is 3.69. The van der Waals surface area contributed by atoms with Gasteiger partial charge < -0.3 is 0 Å². The summed E-state index contributed by atoms with van der Waals surface area (Å²) in [5, 5.41) is 2.07. The van der Waals surface area contributed by atoms with Crippen molar-refractivity contribution in [2.75, 3.05) is 13.6 Å². The number of thiophene rings is 2. The first-order chi connectivity index (χ1) is 8.95. The van der Waals surface area contributed by atoms with E-state index in [-0.39, 0.29) is 5.78 Å². The van der Waals surface area contributed by atoms with Gasteiger partial charge in [0.05, 0.1) is 20.2 Å². The molecule has 0 saturated heterocycles. The summed E-state index contributed by atoms with van der Waals surface area (Å²) in [6.07, 6.45) is 0. The first-order valence-corrected chi connectivity index (χ1v) is 8.59. The van der Waals surface area contributed by atoms with Crippen LogP contribution in [-0.4, -0.2) is 24.3 Å². The lowest BCUT2D eigenvalue weighted by molar-refractivity contribution is 0.0943. The topological polar surface area (TPSA) is 20.3 Å². The Morgan fingerprint density at radius 3 is 2.68 bits per heavy atom. The molecule has 102 valence electrons. The molecular weight excluding hydrogens is 389 g/mol. The highest BCUT2D eigenvalue weighted by Gasteiger charge is 2.16. The van der Waals surface area contributed by atoms with Crippen molar-refractivity contribution in [2.45, 2.75) is 6.54 Å². The van der Waals surface area contributed by atoms with Crippen LogP contribution in [0.4, 0.5) is 0 Å². The lowest BCUT2D eigenvalue weighted by Gasteiger charge is -2.14. The van der Waals surface area contributed by atoms with Crippen LogP contribution in [0.5, 0.6) is 0 Å². The second-order valence-electron chi connectivity index (χ2n) is 4.09. The van der Waals surface area contributed by atoms with Crippen LogP contribution < -0.4 is 0 Å². The minimum Gasteiger partial charge on any atom is -0.295 e. The van der Waals surface area contributed by atoms with Crippen molar-refractivity contribution in [1.29, 1.82) is 0 Å². The van der Waals surface area contributed by atoms with Crippen LogP contribution in [-0.2, 0) is 6.54 Å². The molecule has 0 atom stereocenters. The number of ketones is 1. The summed E-state index contributed by atoms with van der Waals surface area (Å²) in [5.74, 6) is -0.00931. The van der Waals surface area contributed by atoms with Crippen LogP contribution in [0.25, 0.3) is 0 Å². The van der Waals surface area contributed by atoms with Gasteiger partial charge in [-0.1, -0.05) is 23.2 Å². The van der Waals surface area contributed by atoms with Gasteiger partial charge in [-0.25, -0.2) is 0 Å². The van der Waals surface area contributed by atoms with E-state index in [9.17, 15) is 4.79 Å². The largest absolute Gasteiger partial charge is 0.295 e. The highest BCUT2D eigenvalue weighted by molar-refractivity contribution is 9.11. The highest BCUT2D eigenvalue weighted by Crippen LogP contribution is 2.31. The number of halogens is 3. The van der Waals surface area contributed by atoms with Gasteiger partial charge in [-0.3, -0.25) is 9.69 Å². The van der Waals surface area contributed by atoms with E-state index in [1.165, 1.54) is 16.9 Å². The molecule has 0 spiro atoms. The molecule has 0 aliphatic heterocycles. The molecule has 0 amide bonds. The number of carbonyl (C=O) groups is 1. The minimum atomic E-state index is -0.00931. The molecule has 0 radical (unpaired) electrons. The highest BCUT2D eigenvalue weighted by atomic mass is 79.9. The SMILES string of the molecule is CN(CC(=O)c1cc(Cl)sc1Cl)Cc1csc(Br)c1. The van der Waals surface area contributed by atoms with E-state index in [1.54, 1.807) is 17.4 Å². The zero-order valence-corrected chi connectivity index (χ0v) is 14.7. The Morgan fingerprint density at radius 1 is 1.42 bits per heavy atom. The fraction of sp³-hybridized carbons (Fsp3) is 0.250. The van der Waals surface area contributed by atoms with Gasteiger partial charge in [-0.05, 0) is 46.1 Å². The third kappa shape index (κ3) is 4.28. The molecule has 7 heteroatoms. The molecule has 2 aromatic heterocycles. The molecule has 0 aliphatic carbocycles. The number of likely N-dealkylation sites (N-methyl/N-ethyl adjacent to an activating group) is 1. The molecule has 0 fully saturated rings. The van der Waals surface area contributed by atoms with Gasteiger partial charge in [-0.15, -0.1) is 22.7 Å². The number of hydrogen-bond acceptors (Lipinski definition) is 4. The molecule has 2 heterocycles. The van der Waals surface area contributed by atoms with Gasteiger partial charge >= 0.3 is 0 Å². The fourth-order valence-corrected chi connectivity index (χ4v) is 4.36. The van der Waals surface area contributed by atoms with E-state index >= 15 is 0 Å². The Morgan fingerprint density at radius 2 is 2.16 bits per heavy atom. The number of carbonyl (C=O) groups excluding carboxylic acids is 1. The Kier molecular flexibility index (Phi) is 5.45. The number of hydrogen-bond donors (Lipinski definition) is 0. The minimum absolute atomic E-state index is 0.00931. The second kappa shape index (κ2) is 6.70. The molecule has 0 N–H and O–H groups in total. The molecular formula is C12H10BrCl2NOS2. The fourth-order valence-electron chi connectivity index (χ4n) is 1.66. The molecule has 0 aliphatic rings. The Labute approximate surface area is 138 Å². The zero-order valence-electron chi connectivity index (χ0n) is 9.95. The lowest BCUT2D eigenvalue weighted by atomic mass is 10.2. The van der Waals surface area contributed by atoms with Crippen LogP contribution in [0.1, 0.15) is 15.9 Å². The van der Waals surface area contributed by atoms with Gasteiger partial charge in [0.2, 0.25) is 0 Å². The summed E-state index contributed by atoms with van der Waals surface area (Å²) < 4.78 is 2.09. The summed E-state index contributed by atoms with van der Waals surface area (Å²) in [6.45, 7) is 1.05. The maximum atomic E-state index is 12.1. The van der Waals surface area contributed by atoms with Gasteiger partial charge in [0.15, 0.2) is 5.78 Å². The van der Waals surface area contributed by atoms with Gasteiger partial charge in [0, 0.05) is 6.54 Å². The zero-order chi connectivity index (χ0) is 14.0. The van der Waals surface area contributed by atoms with E-state index in [1.807, 2.05) is 11.9 Å². The number of Topliss-reactive ketones (excluding diaryl/α,β-unsaturated/α-hetero) is 1. The Hall–Kier alpha value is 0.0900. The normalized spacial score (nSPS) is 11.2. The van der Waals surface area contributed by atoms with Crippen molar-refractivity contribution in [3.63, 3.8) is 0 Å². The van der Waals surface area contributed by atoms with Gasteiger partial charge in [0.25, 0.3) is 0 Å². The van der Waals surface area contributed by atoms with Gasteiger partial charge in [0.1, 0.15) is 4.34 Å². The summed E-state index contributed by atoms with van der Waals surface area (Å²) in [7, 11) is 1.91. The van der Waals surface area contributed by atoms with Crippen molar-refractivity contribution in [2.24, 2.45) is 0 Å². The van der Waals surface area contributed by atoms with E-state index in [0.717, 1.165) is 10.3 Å². The number of rotatable bonds is 5. The Bertz CT molecular complexity index is 596. The first kappa shape index (κ1) is 15.5. The van der Waals surface area contributed by atoms with Crippen molar-refractivity contribution >= 4 is 67.6 Å². The summed E-state index contributed by atoms with van der Waals surface area (Å²) in [5.41, 5.74) is 1.69. The predicted octanol–water partition coefficient (Wildman–Crippen LogP) is 5.19. The third-order valence-corrected chi connectivity index (χ3v) is 5.49. The summed E-state index contributed by atoms with van der Waals surface area (Å²) in [4.78, 5) is 14.1. The molecule has 2 rings (SSSR count). The predicted molar refractivity (Wildman–Crippen MR) is 87.0 cm³/mol. The Balaban J connectivity index is 1.97. The monoisotopic (exact) mass is 397 g/mol. The molecule has 2 aromatic rings. The van der Waals surface area contributed by atoms with Crippen LogP contribution >= 0.6 is 61.8 Å². The average molecular weight is 399 g/mol. The molecule has 19 heavy (non-hydrogen) atoms. The van der Waals surface area contributed by atoms with E-state index < -0.39 is 0 Å².